The van der Waals surface area contributed by atoms with Crippen LogP contribution in [0.1, 0.15) is 118 Å². The van der Waals surface area contributed by atoms with Gasteiger partial charge in [-0.15, -0.1) is 0 Å². The van der Waals surface area contributed by atoms with Gasteiger partial charge < -0.3 is 4.90 Å². The summed E-state index contributed by atoms with van der Waals surface area (Å²) in [4.78, 5) is 2.64. The van der Waals surface area contributed by atoms with Gasteiger partial charge in [-0.3, -0.25) is 0 Å². The molecule has 2 spiro atoms. The zero-order chi connectivity index (χ0) is 45.9. The lowest BCUT2D eigenvalue weighted by Crippen LogP contribution is -2.55. The molecule has 0 aliphatic heterocycles. The van der Waals surface area contributed by atoms with Gasteiger partial charge in [-0.2, -0.15) is 0 Å². The Hall–Kier alpha value is -6.44. The minimum absolute atomic E-state index is 0.00976. The number of fused-ring (bicyclic) bond motifs is 13. The SMILES string of the molecule is CC(C)(C)c1ccc2c(c1)C1(c3ccccc3-c3ccc(N(c4ccc5c(c4)C4(c6ccccc6-5)C5CC6CC(C5)CC4C6)c4ccccc4-c4ccccc4)cc31)c1cc(C(C)(C)C)ccc1-2. The monoisotopic (exact) mass is 879 g/mol. The van der Waals surface area contributed by atoms with Gasteiger partial charge in [0.15, 0.2) is 0 Å². The van der Waals surface area contributed by atoms with E-state index < -0.39 is 5.41 Å². The van der Waals surface area contributed by atoms with E-state index in [0.29, 0.717) is 11.8 Å². The van der Waals surface area contributed by atoms with Crippen LogP contribution in [0.5, 0.6) is 0 Å². The standard InChI is InChI=1S/C67H61N/c1-64(2,3)44-24-28-53-54-29-25-45(65(4,5)6)38-60(54)67(59(53)37-44)58-22-14-11-20-52(58)56-31-27-49(40-62(56)67)68(63-23-15-12-18-50(63)43-16-8-7-9-17-43)48-26-30-55-51-19-10-13-21-57(51)66(61(55)39-48)46-33-41-32-42(35-46)36-47(66)34-41/h7-31,37-42,46-47H,32-36H2,1-6H3. The van der Waals surface area contributed by atoms with Gasteiger partial charge in [-0.1, -0.05) is 187 Å². The number of nitrogens with zero attached hydrogens (tertiary/aromatic N) is 1. The lowest BCUT2D eigenvalue weighted by atomic mass is 9.43. The lowest BCUT2D eigenvalue weighted by Gasteiger charge is -2.61. The van der Waals surface area contributed by atoms with Crippen LogP contribution in [0.25, 0.3) is 44.5 Å². The first kappa shape index (κ1) is 40.6. The zero-order valence-corrected chi connectivity index (χ0v) is 40.5. The van der Waals surface area contributed by atoms with E-state index in [-0.39, 0.29) is 16.2 Å². The summed E-state index contributed by atoms with van der Waals surface area (Å²) in [5, 5.41) is 0. The fourth-order valence-corrected chi connectivity index (χ4v) is 15.5. The third-order valence-electron chi connectivity index (χ3n) is 18.2. The Balaban J connectivity index is 1.05. The molecular formula is C67H61N. The van der Waals surface area contributed by atoms with Crippen LogP contribution in [-0.4, -0.2) is 0 Å². The van der Waals surface area contributed by atoms with Crippen LogP contribution in [0.15, 0.2) is 176 Å². The Kier molecular flexibility index (Phi) is 8.40. The van der Waals surface area contributed by atoms with Crippen molar-refractivity contribution in [3.05, 3.63) is 220 Å². The third-order valence-corrected chi connectivity index (χ3v) is 18.2. The molecule has 7 aliphatic rings. The summed E-state index contributed by atoms with van der Waals surface area (Å²) in [5.41, 5.74) is 25.5. The Morgan fingerprint density at radius 1 is 0.368 bits per heavy atom. The second-order valence-electron chi connectivity index (χ2n) is 23.7. The molecule has 1 nitrogen and oxygen atoms in total. The van der Waals surface area contributed by atoms with Gasteiger partial charge in [0.05, 0.1) is 11.1 Å². The molecule has 7 aliphatic carbocycles. The molecule has 4 fully saturated rings. The van der Waals surface area contributed by atoms with Crippen molar-refractivity contribution in [2.75, 3.05) is 4.90 Å². The first-order valence-electron chi connectivity index (χ1n) is 25.7. The normalized spacial score (nSPS) is 22.7. The predicted octanol–water partition coefficient (Wildman–Crippen LogP) is 17.5. The summed E-state index contributed by atoms with van der Waals surface area (Å²) in [6, 6.07) is 69.1. The highest BCUT2D eigenvalue weighted by Gasteiger charge is 2.62. The summed E-state index contributed by atoms with van der Waals surface area (Å²) in [6.45, 7) is 14.2. The van der Waals surface area contributed by atoms with Crippen molar-refractivity contribution >= 4 is 17.1 Å². The summed E-state index contributed by atoms with van der Waals surface area (Å²) >= 11 is 0. The maximum absolute atomic E-state index is 2.68. The quantitative estimate of drug-likeness (QED) is 0.170. The Morgan fingerprint density at radius 2 is 0.794 bits per heavy atom. The highest BCUT2D eigenvalue weighted by Crippen LogP contribution is 2.70. The molecule has 15 rings (SSSR count). The van der Waals surface area contributed by atoms with E-state index in [2.05, 4.69) is 222 Å². The van der Waals surface area contributed by atoms with Gasteiger partial charge in [-0.25, -0.2) is 0 Å². The molecule has 0 aromatic heterocycles. The largest absolute Gasteiger partial charge is 0.310 e. The molecule has 334 valence electrons. The summed E-state index contributed by atoms with van der Waals surface area (Å²) in [5.74, 6) is 3.17. The van der Waals surface area contributed by atoms with E-state index in [1.165, 1.54) is 127 Å². The minimum atomic E-state index is -0.496. The summed E-state index contributed by atoms with van der Waals surface area (Å²) in [6.07, 6.45) is 6.94. The van der Waals surface area contributed by atoms with Gasteiger partial charge >= 0.3 is 0 Å². The van der Waals surface area contributed by atoms with Crippen LogP contribution in [0.2, 0.25) is 0 Å². The molecule has 0 unspecified atom stereocenters. The minimum Gasteiger partial charge on any atom is -0.310 e. The maximum Gasteiger partial charge on any atom is 0.0726 e. The highest BCUT2D eigenvalue weighted by molar-refractivity contribution is 5.98. The molecule has 1 heteroatoms. The fraction of sp³-hybridized carbons (Fsp3) is 0.284. The number of rotatable bonds is 4. The number of benzene rings is 8. The molecule has 8 aromatic carbocycles. The highest BCUT2D eigenvalue weighted by atomic mass is 15.1. The van der Waals surface area contributed by atoms with Crippen LogP contribution in [0.4, 0.5) is 17.1 Å². The van der Waals surface area contributed by atoms with Crippen LogP contribution < -0.4 is 4.90 Å². The van der Waals surface area contributed by atoms with Crippen LogP contribution in [-0.2, 0) is 21.7 Å². The van der Waals surface area contributed by atoms with E-state index in [1.807, 2.05) is 0 Å². The van der Waals surface area contributed by atoms with Crippen LogP contribution in [0, 0.1) is 23.7 Å². The zero-order valence-electron chi connectivity index (χ0n) is 40.5. The van der Waals surface area contributed by atoms with E-state index in [4.69, 9.17) is 0 Å². The maximum atomic E-state index is 2.68. The van der Waals surface area contributed by atoms with Gasteiger partial charge in [0.2, 0.25) is 0 Å². The molecule has 0 N–H and O–H groups in total. The van der Waals surface area contributed by atoms with Gasteiger partial charge in [0.1, 0.15) is 0 Å². The average molecular weight is 880 g/mol. The van der Waals surface area contributed by atoms with E-state index in [9.17, 15) is 0 Å². The van der Waals surface area contributed by atoms with Crippen LogP contribution >= 0.6 is 0 Å². The Morgan fingerprint density at radius 3 is 1.37 bits per heavy atom. The molecule has 0 atom stereocenters. The van der Waals surface area contributed by atoms with Gasteiger partial charge in [0.25, 0.3) is 0 Å². The predicted molar refractivity (Wildman–Crippen MR) is 284 cm³/mol. The van der Waals surface area contributed by atoms with Gasteiger partial charge in [0, 0.05) is 22.4 Å². The molecule has 4 saturated carbocycles. The van der Waals surface area contributed by atoms with Crippen molar-refractivity contribution in [2.45, 2.75) is 95.3 Å². The van der Waals surface area contributed by atoms with E-state index >= 15 is 0 Å². The molecule has 68 heavy (non-hydrogen) atoms. The topological polar surface area (TPSA) is 3.24 Å². The van der Waals surface area contributed by atoms with Crippen molar-refractivity contribution in [3.63, 3.8) is 0 Å². The first-order valence-corrected chi connectivity index (χ1v) is 25.7. The molecule has 0 saturated heterocycles. The van der Waals surface area contributed by atoms with Crippen molar-refractivity contribution < 1.29 is 0 Å². The smallest absolute Gasteiger partial charge is 0.0726 e. The average Bonchev–Trinajstić information content (AvgIpc) is 3.92. The summed E-state index contributed by atoms with van der Waals surface area (Å²) in [7, 11) is 0. The molecular weight excluding hydrogens is 819 g/mol. The van der Waals surface area contributed by atoms with Crippen molar-refractivity contribution in [1.29, 1.82) is 0 Å². The second kappa shape index (κ2) is 14.1. The van der Waals surface area contributed by atoms with Crippen molar-refractivity contribution in [2.24, 2.45) is 23.7 Å². The second-order valence-corrected chi connectivity index (χ2v) is 23.7. The van der Waals surface area contributed by atoms with E-state index in [0.717, 1.165) is 11.8 Å². The first-order chi connectivity index (χ1) is 32.9. The Bertz CT molecular complexity index is 3300. The molecule has 8 aromatic rings. The van der Waals surface area contributed by atoms with Crippen molar-refractivity contribution in [1.82, 2.24) is 0 Å². The van der Waals surface area contributed by atoms with E-state index in [1.54, 1.807) is 11.1 Å². The number of hydrogen-bond acceptors (Lipinski definition) is 1. The third kappa shape index (κ3) is 5.40. The molecule has 0 amide bonds. The number of anilines is 3. The molecule has 0 heterocycles. The molecule has 0 radical (unpaired) electrons. The van der Waals surface area contributed by atoms with Crippen molar-refractivity contribution in [3.8, 4) is 44.5 Å². The van der Waals surface area contributed by atoms with Gasteiger partial charge in [-0.05, 0) is 180 Å². The lowest BCUT2D eigenvalue weighted by molar-refractivity contribution is -0.0399. The van der Waals surface area contributed by atoms with Crippen LogP contribution in [0.3, 0.4) is 0 Å². The molecule has 4 bridgehead atoms. The Labute approximate surface area is 403 Å². The number of hydrogen-bond donors (Lipinski definition) is 0. The summed E-state index contributed by atoms with van der Waals surface area (Å²) < 4.78 is 0. The fourth-order valence-electron chi connectivity index (χ4n) is 15.5. The number of para-hydroxylation sites is 1.